The number of methoxy groups -OCH3 is 1. The number of carbonyl (C=O) groups is 2. The highest BCUT2D eigenvalue weighted by molar-refractivity contribution is 6.46. The zero-order chi connectivity index (χ0) is 20.3. The van der Waals surface area contributed by atoms with Crippen molar-refractivity contribution in [1.82, 2.24) is 5.32 Å². The van der Waals surface area contributed by atoms with Crippen molar-refractivity contribution < 1.29 is 19.1 Å². The van der Waals surface area contributed by atoms with Crippen LogP contribution in [-0.2, 0) is 9.53 Å². The molecule has 1 saturated carbocycles. The second kappa shape index (κ2) is 9.03. The molecule has 1 unspecified atom stereocenters. The van der Waals surface area contributed by atoms with Gasteiger partial charge in [0.1, 0.15) is 5.75 Å². The molecule has 1 fully saturated rings. The molecule has 1 amide bonds. The first-order chi connectivity index (χ1) is 13.4. The average Bonchev–Trinajstić information content (AvgIpc) is 3.53. The van der Waals surface area contributed by atoms with Gasteiger partial charge in [-0.3, -0.25) is 4.79 Å². The second-order valence-electron chi connectivity index (χ2n) is 6.45. The predicted molar refractivity (Wildman–Crippen MR) is 108 cm³/mol. The van der Waals surface area contributed by atoms with Gasteiger partial charge in [0, 0.05) is 0 Å². The Labute approximate surface area is 177 Å². The summed E-state index contributed by atoms with van der Waals surface area (Å²) in [5, 5.41) is 3.21. The fourth-order valence-electron chi connectivity index (χ4n) is 2.85. The van der Waals surface area contributed by atoms with Crippen LogP contribution in [0, 0.1) is 5.92 Å². The van der Waals surface area contributed by atoms with Crippen LogP contribution in [0.2, 0.25) is 15.1 Å². The summed E-state index contributed by atoms with van der Waals surface area (Å²) in [5.41, 5.74) is 0.918. The molecule has 1 aliphatic carbocycles. The molecule has 0 aromatic heterocycles. The van der Waals surface area contributed by atoms with Gasteiger partial charge >= 0.3 is 5.97 Å². The molecule has 28 heavy (non-hydrogen) atoms. The summed E-state index contributed by atoms with van der Waals surface area (Å²) in [6.07, 6.45) is 2.06. The van der Waals surface area contributed by atoms with Crippen molar-refractivity contribution in [2.75, 3.05) is 13.7 Å². The Morgan fingerprint density at radius 2 is 1.71 bits per heavy atom. The Morgan fingerprint density at radius 1 is 1.07 bits per heavy atom. The number of carbonyl (C=O) groups excluding carboxylic acids is 2. The fourth-order valence-corrected chi connectivity index (χ4v) is 3.53. The van der Waals surface area contributed by atoms with Crippen molar-refractivity contribution in [2.45, 2.75) is 18.9 Å². The number of esters is 1. The number of ether oxygens (including phenoxy) is 2. The van der Waals surface area contributed by atoms with Gasteiger partial charge in [-0.25, -0.2) is 4.79 Å². The molecular formula is C20H18Cl3NO4. The zero-order valence-electron chi connectivity index (χ0n) is 15.0. The molecule has 8 heteroatoms. The third-order valence-electron chi connectivity index (χ3n) is 4.47. The largest absolute Gasteiger partial charge is 0.497 e. The highest BCUT2D eigenvalue weighted by atomic mass is 35.5. The van der Waals surface area contributed by atoms with E-state index < -0.39 is 18.5 Å². The molecule has 0 heterocycles. The van der Waals surface area contributed by atoms with Gasteiger partial charge in [-0.1, -0.05) is 46.9 Å². The van der Waals surface area contributed by atoms with Gasteiger partial charge in [0.25, 0.3) is 5.91 Å². The van der Waals surface area contributed by atoms with E-state index in [4.69, 9.17) is 44.3 Å². The zero-order valence-corrected chi connectivity index (χ0v) is 17.3. The van der Waals surface area contributed by atoms with Gasteiger partial charge in [0.05, 0.1) is 33.8 Å². The van der Waals surface area contributed by atoms with E-state index >= 15 is 0 Å². The smallest absolute Gasteiger partial charge is 0.341 e. The second-order valence-corrected chi connectivity index (χ2v) is 7.64. The molecule has 0 spiro atoms. The Kier molecular flexibility index (Phi) is 6.70. The van der Waals surface area contributed by atoms with Crippen LogP contribution in [-0.4, -0.2) is 25.6 Å². The summed E-state index contributed by atoms with van der Waals surface area (Å²) in [6.45, 7) is -0.447. The van der Waals surface area contributed by atoms with Crippen LogP contribution in [0.25, 0.3) is 0 Å². The van der Waals surface area contributed by atoms with E-state index in [1.165, 1.54) is 12.1 Å². The number of amides is 1. The lowest BCUT2D eigenvalue weighted by atomic mass is 10.0. The van der Waals surface area contributed by atoms with Crippen molar-refractivity contribution in [3.05, 3.63) is 62.6 Å². The Bertz CT molecular complexity index is 882. The van der Waals surface area contributed by atoms with E-state index in [0.29, 0.717) is 5.92 Å². The lowest BCUT2D eigenvalue weighted by Gasteiger charge is -2.19. The predicted octanol–water partition coefficient (Wildman–Crippen LogP) is 5.08. The minimum atomic E-state index is -0.805. The third-order valence-corrected chi connectivity index (χ3v) is 5.59. The topological polar surface area (TPSA) is 64.6 Å². The molecule has 0 saturated heterocycles. The number of hydrogen-bond acceptors (Lipinski definition) is 4. The monoisotopic (exact) mass is 441 g/mol. The Morgan fingerprint density at radius 3 is 2.32 bits per heavy atom. The van der Waals surface area contributed by atoms with Crippen LogP contribution in [0.5, 0.6) is 5.75 Å². The molecule has 0 radical (unpaired) electrons. The van der Waals surface area contributed by atoms with Gasteiger partial charge in [0.15, 0.2) is 6.61 Å². The maximum absolute atomic E-state index is 12.3. The first kappa shape index (κ1) is 20.8. The molecule has 148 valence electrons. The van der Waals surface area contributed by atoms with E-state index in [1.807, 2.05) is 24.3 Å². The number of rotatable bonds is 7. The molecule has 2 aromatic rings. The first-order valence-corrected chi connectivity index (χ1v) is 9.78. The van der Waals surface area contributed by atoms with E-state index in [-0.39, 0.29) is 26.7 Å². The molecule has 2 aromatic carbocycles. The van der Waals surface area contributed by atoms with Crippen molar-refractivity contribution in [2.24, 2.45) is 5.92 Å². The van der Waals surface area contributed by atoms with Crippen LogP contribution < -0.4 is 10.1 Å². The van der Waals surface area contributed by atoms with Gasteiger partial charge in [-0.05, 0) is 48.6 Å². The molecule has 1 atom stereocenters. The molecular weight excluding hydrogens is 425 g/mol. The quantitative estimate of drug-likeness (QED) is 0.480. The molecule has 5 nitrogen and oxygen atoms in total. The van der Waals surface area contributed by atoms with Gasteiger partial charge in [0.2, 0.25) is 0 Å². The average molecular weight is 443 g/mol. The van der Waals surface area contributed by atoms with E-state index in [2.05, 4.69) is 5.32 Å². The molecule has 1 N–H and O–H groups in total. The van der Waals surface area contributed by atoms with Crippen LogP contribution in [0.1, 0.15) is 34.8 Å². The maximum atomic E-state index is 12.3. The first-order valence-electron chi connectivity index (χ1n) is 8.64. The summed E-state index contributed by atoms with van der Waals surface area (Å²) < 4.78 is 10.2. The highest BCUT2D eigenvalue weighted by Crippen LogP contribution is 2.41. The lowest BCUT2D eigenvalue weighted by molar-refractivity contribution is -0.125. The molecule has 3 rings (SSSR count). The summed E-state index contributed by atoms with van der Waals surface area (Å²) in [5.74, 6) is -0.103. The third kappa shape index (κ3) is 4.90. The summed E-state index contributed by atoms with van der Waals surface area (Å²) in [7, 11) is 1.60. The Hall–Kier alpha value is -1.95. The van der Waals surface area contributed by atoms with E-state index in [9.17, 15) is 9.59 Å². The SMILES string of the molecule is COc1ccc(C(NC(=O)COC(=O)c2c(Cl)ccc(Cl)c2Cl)C2CC2)cc1. The molecule has 0 aliphatic heterocycles. The van der Waals surface area contributed by atoms with Crippen LogP contribution >= 0.6 is 34.8 Å². The highest BCUT2D eigenvalue weighted by Gasteiger charge is 2.33. The normalized spacial score (nSPS) is 14.3. The summed E-state index contributed by atoms with van der Waals surface area (Å²) in [6, 6.07) is 10.3. The number of nitrogens with one attached hydrogen (secondary N) is 1. The molecule has 1 aliphatic rings. The van der Waals surface area contributed by atoms with E-state index in [0.717, 1.165) is 24.2 Å². The van der Waals surface area contributed by atoms with Crippen molar-refractivity contribution >= 4 is 46.7 Å². The van der Waals surface area contributed by atoms with Crippen molar-refractivity contribution in [3.63, 3.8) is 0 Å². The van der Waals surface area contributed by atoms with Crippen LogP contribution in [0.15, 0.2) is 36.4 Å². The van der Waals surface area contributed by atoms with Gasteiger partial charge < -0.3 is 14.8 Å². The number of hydrogen-bond donors (Lipinski definition) is 1. The van der Waals surface area contributed by atoms with Gasteiger partial charge in [-0.15, -0.1) is 0 Å². The van der Waals surface area contributed by atoms with Crippen LogP contribution in [0.4, 0.5) is 0 Å². The van der Waals surface area contributed by atoms with Gasteiger partial charge in [-0.2, -0.15) is 0 Å². The minimum absolute atomic E-state index is 0.00587. The molecule has 0 bridgehead atoms. The fraction of sp³-hybridized carbons (Fsp3) is 0.300. The standard InChI is InChI=1S/C20H18Cl3NO4/c1-27-13-6-4-12(5-7-13)19(11-2-3-11)24-16(25)10-28-20(26)17-14(21)8-9-15(22)18(17)23/h4-9,11,19H,2-3,10H2,1H3,(H,24,25). The van der Waals surface area contributed by atoms with E-state index in [1.54, 1.807) is 7.11 Å². The minimum Gasteiger partial charge on any atom is -0.497 e. The van der Waals surface area contributed by atoms with Crippen LogP contribution in [0.3, 0.4) is 0 Å². The van der Waals surface area contributed by atoms with Crippen molar-refractivity contribution in [3.8, 4) is 5.75 Å². The number of halogens is 3. The maximum Gasteiger partial charge on any atom is 0.341 e. The Balaban J connectivity index is 1.62. The van der Waals surface area contributed by atoms with Crippen molar-refractivity contribution in [1.29, 1.82) is 0 Å². The summed E-state index contributed by atoms with van der Waals surface area (Å²) in [4.78, 5) is 24.6. The number of benzene rings is 2. The summed E-state index contributed by atoms with van der Waals surface area (Å²) >= 11 is 17.9. The lowest BCUT2D eigenvalue weighted by Crippen LogP contribution is -2.33.